The molecule has 0 spiro atoms. The van der Waals surface area contributed by atoms with Crippen LogP contribution in [0, 0.1) is 0 Å². The third-order valence-corrected chi connectivity index (χ3v) is 2.10. The summed E-state index contributed by atoms with van der Waals surface area (Å²) < 4.78 is 0. The second-order valence-corrected chi connectivity index (χ2v) is 2.85. The maximum absolute atomic E-state index is 9.12. The van der Waals surface area contributed by atoms with Gasteiger partial charge in [-0.05, 0) is 22.4 Å². The molecule has 1 nitrogen and oxygen atoms in total. The first-order chi connectivity index (χ1) is 4.34. The molecule has 3 heteroatoms. The zero-order chi connectivity index (χ0) is 6.69. The molecule has 0 saturated carbocycles. The molecule has 0 aliphatic carbocycles. The van der Waals surface area contributed by atoms with Crippen molar-refractivity contribution in [2.24, 2.45) is 0 Å². The van der Waals surface area contributed by atoms with E-state index in [1.165, 1.54) is 0 Å². The van der Waals surface area contributed by atoms with Crippen molar-refractivity contribution >= 4 is 24.0 Å². The molecule has 1 radical (unpaired) electrons. The molecule has 0 bridgehead atoms. The molecule has 0 amide bonds. The van der Waals surface area contributed by atoms with E-state index in [9.17, 15) is 0 Å². The van der Waals surface area contributed by atoms with E-state index >= 15 is 0 Å². The van der Waals surface area contributed by atoms with Gasteiger partial charge in [0, 0.05) is 5.75 Å². The molecule has 1 atom stereocenters. The van der Waals surface area contributed by atoms with Crippen molar-refractivity contribution in [3.05, 3.63) is 22.4 Å². The Morgan fingerprint density at radius 3 is 3.00 bits per heavy atom. The van der Waals surface area contributed by atoms with Crippen LogP contribution in [0.4, 0.5) is 0 Å². The molecule has 1 N–H and O–H groups in total. The lowest BCUT2D eigenvalue weighted by Crippen LogP contribution is -1.95. The van der Waals surface area contributed by atoms with E-state index in [1.807, 2.05) is 16.8 Å². The van der Waals surface area contributed by atoms with E-state index in [2.05, 4.69) is 12.6 Å². The molecule has 1 aromatic rings. The fourth-order valence-corrected chi connectivity index (χ4v) is 1.46. The summed E-state index contributed by atoms with van der Waals surface area (Å²) in [5.74, 6) is 0.386. The Morgan fingerprint density at radius 1 is 1.78 bits per heavy atom. The number of hydrogen-bond donors (Lipinski definition) is 1. The van der Waals surface area contributed by atoms with Crippen LogP contribution in [0.2, 0.25) is 0 Å². The highest BCUT2D eigenvalue weighted by Crippen LogP contribution is 2.16. The van der Waals surface area contributed by atoms with Gasteiger partial charge in [-0.25, -0.2) is 0 Å². The van der Waals surface area contributed by atoms with Crippen LogP contribution in [0.1, 0.15) is 11.7 Å². The second-order valence-electron chi connectivity index (χ2n) is 1.74. The summed E-state index contributed by atoms with van der Waals surface area (Å²) in [7, 11) is 0. The van der Waals surface area contributed by atoms with Gasteiger partial charge in [-0.15, -0.1) is 0 Å². The summed E-state index contributed by atoms with van der Waals surface area (Å²) in [6, 6.07) is 1.89. The molecule has 0 saturated heterocycles. The quantitative estimate of drug-likeness (QED) is 0.699. The Labute approximate surface area is 63.8 Å². The van der Waals surface area contributed by atoms with Crippen molar-refractivity contribution in [3.63, 3.8) is 0 Å². The SMILES string of the molecule is O[C@@H](C[S])c1ccsc1. The van der Waals surface area contributed by atoms with Crippen molar-refractivity contribution in [2.45, 2.75) is 6.10 Å². The normalized spacial score (nSPS) is 13.6. The average molecular weight is 159 g/mol. The maximum Gasteiger partial charge on any atom is 0.0896 e. The zero-order valence-corrected chi connectivity index (χ0v) is 6.41. The van der Waals surface area contributed by atoms with Gasteiger partial charge in [0.2, 0.25) is 0 Å². The summed E-state index contributed by atoms with van der Waals surface area (Å²) in [5, 5.41) is 13.0. The van der Waals surface area contributed by atoms with Crippen LogP contribution in [-0.2, 0) is 0 Å². The Hall–Kier alpha value is 0.01000. The first kappa shape index (κ1) is 7.12. The molecule has 1 heterocycles. The Bertz CT molecular complexity index is 160. The third kappa shape index (κ3) is 1.71. The van der Waals surface area contributed by atoms with Crippen LogP contribution >= 0.6 is 24.0 Å². The van der Waals surface area contributed by atoms with Gasteiger partial charge in [-0.1, -0.05) is 12.6 Å². The highest BCUT2D eigenvalue weighted by atomic mass is 32.1. The van der Waals surface area contributed by atoms with Gasteiger partial charge in [0.05, 0.1) is 6.10 Å². The number of aliphatic hydroxyl groups excluding tert-OH is 1. The van der Waals surface area contributed by atoms with Crippen LogP contribution < -0.4 is 0 Å². The monoisotopic (exact) mass is 159 g/mol. The van der Waals surface area contributed by atoms with Crippen LogP contribution in [0.5, 0.6) is 0 Å². The van der Waals surface area contributed by atoms with E-state index in [1.54, 1.807) is 11.3 Å². The lowest BCUT2D eigenvalue weighted by Gasteiger charge is -2.00. The van der Waals surface area contributed by atoms with Crippen molar-refractivity contribution in [1.82, 2.24) is 0 Å². The van der Waals surface area contributed by atoms with E-state index in [0.717, 1.165) is 5.56 Å². The summed E-state index contributed by atoms with van der Waals surface area (Å²) in [5.41, 5.74) is 0.940. The number of hydrogen-bond acceptors (Lipinski definition) is 2. The van der Waals surface area contributed by atoms with Gasteiger partial charge in [0.25, 0.3) is 0 Å². The minimum absolute atomic E-state index is 0.386. The average Bonchev–Trinajstić information content (AvgIpc) is 2.37. The molecule has 0 aliphatic heterocycles. The second kappa shape index (κ2) is 3.25. The zero-order valence-electron chi connectivity index (χ0n) is 4.78. The predicted molar refractivity (Wildman–Crippen MR) is 41.7 cm³/mol. The summed E-state index contributed by atoms with van der Waals surface area (Å²) in [6.07, 6.45) is -0.439. The summed E-state index contributed by atoms with van der Waals surface area (Å²) in [6.45, 7) is 0. The molecule has 9 heavy (non-hydrogen) atoms. The van der Waals surface area contributed by atoms with Gasteiger partial charge in [0.15, 0.2) is 0 Å². The molecule has 0 aromatic carbocycles. The van der Waals surface area contributed by atoms with Gasteiger partial charge in [0.1, 0.15) is 0 Å². The van der Waals surface area contributed by atoms with Crippen molar-refractivity contribution in [2.75, 3.05) is 5.75 Å². The predicted octanol–water partition coefficient (Wildman–Crippen LogP) is 1.98. The third-order valence-electron chi connectivity index (χ3n) is 1.09. The Kier molecular flexibility index (Phi) is 2.57. The van der Waals surface area contributed by atoms with E-state index in [0.29, 0.717) is 5.75 Å². The first-order valence-corrected chi connectivity index (χ1v) is 4.15. The summed E-state index contributed by atoms with van der Waals surface area (Å²) in [4.78, 5) is 0. The van der Waals surface area contributed by atoms with E-state index in [4.69, 9.17) is 5.11 Å². The van der Waals surface area contributed by atoms with Crippen LogP contribution in [0.15, 0.2) is 16.8 Å². The summed E-state index contributed by atoms with van der Waals surface area (Å²) >= 11 is 6.25. The molecule has 0 aliphatic rings. The van der Waals surface area contributed by atoms with Gasteiger partial charge < -0.3 is 5.11 Å². The highest BCUT2D eigenvalue weighted by Gasteiger charge is 2.03. The number of thiophene rings is 1. The smallest absolute Gasteiger partial charge is 0.0896 e. The van der Waals surface area contributed by atoms with Gasteiger partial charge in [-0.2, -0.15) is 11.3 Å². The lowest BCUT2D eigenvalue weighted by molar-refractivity contribution is 0.205. The largest absolute Gasteiger partial charge is 0.387 e. The molecular weight excluding hydrogens is 152 g/mol. The minimum atomic E-state index is -0.439. The van der Waals surface area contributed by atoms with Crippen LogP contribution in [-0.4, -0.2) is 10.9 Å². The molecular formula is C6H7OS2. The molecule has 49 valence electrons. The standard InChI is InChI=1S/C6H7OS2/c7-6(3-8)5-1-2-9-4-5/h1-2,4,6-7H,3H2/t6-/m0/s1. The van der Waals surface area contributed by atoms with Crippen molar-refractivity contribution in [3.8, 4) is 0 Å². The van der Waals surface area contributed by atoms with Crippen LogP contribution in [0.25, 0.3) is 0 Å². The van der Waals surface area contributed by atoms with E-state index in [-0.39, 0.29) is 0 Å². The lowest BCUT2D eigenvalue weighted by atomic mass is 10.2. The molecule has 1 aromatic heterocycles. The fourth-order valence-electron chi connectivity index (χ4n) is 0.561. The highest BCUT2D eigenvalue weighted by molar-refractivity contribution is 7.80. The van der Waals surface area contributed by atoms with Crippen LogP contribution in [0.3, 0.4) is 0 Å². The van der Waals surface area contributed by atoms with Gasteiger partial charge >= 0.3 is 0 Å². The van der Waals surface area contributed by atoms with Crippen molar-refractivity contribution < 1.29 is 5.11 Å². The first-order valence-electron chi connectivity index (χ1n) is 2.63. The number of rotatable bonds is 2. The number of aliphatic hydroxyl groups is 1. The molecule has 0 unspecified atom stereocenters. The topological polar surface area (TPSA) is 20.2 Å². The van der Waals surface area contributed by atoms with Gasteiger partial charge in [-0.3, -0.25) is 0 Å². The molecule has 0 fully saturated rings. The Morgan fingerprint density at radius 2 is 2.56 bits per heavy atom. The fraction of sp³-hybridized carbons (Fsp3) is 0.333. The maximum atomic E-state index is 9.12. The van der Waals surface area contributed by atoms with Crippen molar-refractivity contribution in [1.29, 1.82) is 0 Å². The Balaban J connectivity index is 2.65. The van der Waals surface area contributed by atoms with E-state index < -0.39 is 6.10 Å². The minimum Gasteiger partial charge on any atom is -0.387 e. The molecule has 1 rings (SSSR count).